The SMILES string of the molecule is CN1CCCC1CCOc1ccccc1Oc1ccc(Cl)cc1. The molecule has 0 aromatic heterocycles. The first-order valence-electron chi connectivity index (χ1n) is 8.08. The molecule has 2 aromatic carbocycles. The summed E-state index contributed by atoms with van der Waals surface area (Å²) in [6.45, 7) is 1.90. The summed E-state index contributed by atoms with van der Waals surface area (Å²) < 4.78 is 11.9. The minimum atomic E-state index is 0.638. The number of benzene rings is 2. The molecule has 0 N–H and O–H groups in total. The number of rotatable bonds is 6. The molecule has 1 atom stereocenters. The lowest BCUT2D eigenvalue weighted by atomic mass is 10.1. The summed E-state index contributed by atoms with van der Waals surface area (Å²) in [6, 6.07) is 15.8. The first kappa shape index (κ1) is 16.2. The highest BCUT2D eigenvalue weighted by molar-refractivity contribution is 6.30. The zero-order chi connectivity index (χ0) is 16.1. The fraction of sp³-hybridized carbons (Fsp3) is 0.368. The Morgan fingerprint density at radius 3 is 2.52 bits per heavy atom. The van der Waals surface area contributed by atoms with Crippen molar-refractivity contribution in [2.45, 2.75) is 25.3 Å². The number of nitrogens with zero attached hydrogens (tertiary/aromatic N) is 1. The number of hydrogen-bond acceptors (Lipinski definition) is 3. The molecule has 1 saturated heterocycles. The summed E-state index contributed by atoms with van der Waals surface area (Å²) in [4.78, 5) is 2.42. The number of likely N-dealkylation sites (tertiary alicyclic amines) is 1. The van der Waals surface area contributed by atoms with Crippen molar-refractivity contribution in [2.75, 3.05) is 20.2 Å². The third-order valence-electron chi connectivity index (χ3n) is 4.27. The largest absolute Gasteiger partial charge is 0.490 e. The molecule has 3 rings (SSSR count). The predicted octanol–water partition coefficient (Wildman–Crippen LogP) is 5.00. The topological polar surface area (TPSA) is 21.7 Å². The van der Waals surface area contributed by atoms with Gasteiger partial charge in [0, 0.05) is 11.1 Å². The maximum absolute atomic E-state index is 5.97. The minimum Gasteiger partial charge on any atom is -0.490 e. The second kappa shape index (κ2) is 7.71. The van der Waals surface area contributed by atoms with E-state index in [0.717, 1.165) is 23.7 Å². The van der Waals surface area contributed by atoms with Crippen LogP contribution in [0.5, 0.6) is 17.2 Å². The van der Waals surface area contributed by atoms with Gasteiger partial charge in [0.05, 0.1) is 6.61 Å². The molecule has 1 aliphatic heterocycles. The highest BCUT2D eigenvalue weighted by atomic mass is 35.5. The molecule has 1 unspecified atom stereocenters. The molecule has 0 saturated carbocycles. The van der Waals surface area contributed by atoms with Crippen molar-refractivity contribution in [1.29, 1.82) is 0 Å². The van der Waals surface area contributed by atoms with Gasteiger partial charge in [0.1, 0.15) is 5.75 Å². The van der Waals surface area contributed by atoms with Crippen molar-refractivity contribution in [3.05, 3.63) is 53.6 Å². The third-order valence-corrected chi connectivity index (χ3v) is 4.52. The van der Waals surface area contributed by atoms with E-state index in [4.69, 9.17) is 21.1 Å². The molecule has 3 nitrogen and oxygen atoms in total. The summed E-state index contributed by atoms with van der Waals surface area (Å²) in [7, 11) is 2.19. The lowest BCUT2D eigenvalue weighted by molar-refractivity contribution is 0.229. The molecule has 1 fully saturated rings. The van der Waals surface area contributed by atoms with E-state index in [1.165, 1.54) is 19.4 Å². The van der Waals surface area contributed by atoms with Gasteiger partial charge in [0.2, 0.25) is 0 Å². The van der Waals surface area contributed by atoms with Crippen LogP contribution in [0.2, 0.25) is 5.02 Å². The summed E-state index contributed by atoms with van der Waals surface area (Å²) in [5.41, 5.74) is 0. The molecular formula is C19H22ClNO2. The molecule has 122 valence electrons. The molecule has 0 radical (unpaired) electrons. The Balaban J connectivity index is 1.60. The smallest absolute Gasteiger partial charge is 0.169 e. The number of hydrogen-bond donors (Lipinski definition) is 0. The number of ether oxygens (including phenoxy) is 2. The Hall–Kier alpha value is -1.71. The van der Waals surface area contributed by atoms with E-state index in [0.29, 0.717) is 17.7 Å². The summed E-state index contributed by atoms with van der Waals surface area (Å²) in [6.07, 6.45) is 3.60. The number of halogens is 1. The van der Waals surface area contributed by atoms with Gasteiger partial charge in [-0.2, -0.15) is 0 Å². The van der Waals surface area contributed by atoms with Gasteiger partial charge in [-0.05, 0) is 69.3 Å². The Morgan fingerprint density at radius 2 is 1.83 bits per heavy atom. The maximum atomic E-state index is 5.97. The van der Waals surface area contributed by atoms with Gasteiger partial charge in [-0.25, -0.2) is 0 Å². The van der Waals surface area contributed by atoms with Gasteiger partial charge >= 0.3 is 0 Å². The monoisotopic (exact) mass is 331 g/mol. The van der Waals surface area contributed by atoms with Crippen LogP contribution in [0.4, 0.5) is 0 Å². The van der Waals surface area contributed by atoms with Gasteiger partial charge in [0.15, 0.2) is 11.5 Å². The summed E-state index contributed by atoms with van der Waals surface area (Å²) in [5, 5.41) is 0.697. The molecule has 0 bridgehead atoms. The van der Waals surface area contributed by atoms with Crippen LogP contribution in [-0.4, -0.2) is 31.1 Å². The molecule has 4 heteroatoms. The normalized spacial score (nSPS) is 18.1. The molecular weight excluding hydrogens is 310 g/mol. The zero-order valence-corrected chi connectivity index (χ0v) is 14.1. The van der Waals surface area contributed by atoms with Crippen LogP contribution >= 0.6 is 11.6 Å². The summed E-state index contributed by atoms with van der Waals surface area (Å²) in [5.74, 6) is 2.26. The second-order valence-electron chi connectivity index (χ2n) is 5.92. The van der Waals surface area contributed by atoms with Gasteiger partial charge < -0.3 is 14.4 Å². The van der Waals surface area contributed by atoms with E-state index >= 15 is 0 Å². The minimum absolute atomic E-state index is 0.638. The average Bonchev–Trinajstić information content (AvgIpc) is 2.96. The Bertz CT molecular complexity index is 630. The summed E-state index contributed by atoms with van der Waals surface area (Å²) >= 11 is 5.90. The van der Waals surface area contributed by atoms with Gasteiger partial charge in [-0.1, -0.05) is 23.7 Å². The van der Waals surface area contributed by atoms with Gasteiger partial charge in [-0.3, -0.25) is 0 Å². The van der Waals surface area contributed by atoms with Crippen LogP contribution in [0.3, 0.4) is 0 Å². The van der Waals surface area contributed by atoms with Crippen LogP contribution in [0.25, 0.3) is 0 Å². The Morgan fingerprint density at radius 1 is 1.09 bits per heavy atom. The molecule has 0 aliphatic carbocycles. The van der Waals surface area contributed by atoms with Crippen molar-refractivity contribution >= 4 is 11.6 Å². The zero-order valence-electron chi connectivity index (χ0n) is 13.4. The molecule has 23 heavy (non-hydrogen) atoms. The first-order valence-corrected chi connectivity index (χ1v) is 8.45. The molecule has 2 aromatic rings. The van der Waals surface area contributed by atoms with Gasteiger partial charge in [0.25, 0.3) is 0 Å². The van der Waals surface area contributed by atoms with E-state index < -0.39 is 0 Å². The number of para-hydroxylation sites is 2. The molecule has 0 spiro atoms. The average molecular weight is 332 g/mol. The second-order valence-corrected chi connectivity index (χ2v) is 6.35. The fourth-order valence-electron chi connectivity index (χ4n) is 2.93. The molecule has 1 heterocycles. The third kappa shape index (κ3) is 4.40. The van der Waals surface area contributed by atoms with Crippen LogP contribution in [0, 0.1) is 0 Å². The standard InChI is InChI=1S/C19H22ClNO2/c1-21-13-4-5-16(21)12-14-22-18-6-2-3-7-19(18)23-17-10-8-15(20)9-11-17/h2-3,6-11,16H,4-5,12-14H2,1H3. The Kier molecular flexibility index (Phi) is 5.42. The first-order chi connectivity index (χ1) is 11.2. The highest BCUT2D eigenvalue weighted by Crippen LogP contribution is 2.32. The van der Waals surface area contributed by atoms with Crippen molar-refractivity contribution in [2.24, 2.45) is 0 Å². The van der Waals surface area contributed by atoms with E-state index in [1.54, 1.807) is 0 Å². The van der Waals surface area contributed by atoms with Crippen LogP contribution in [-0.2, 0) is 0 Å². The Labute approximate surface area is 142 Å². The van der Waals surface area contributed by atoms with Crippen molar-refractivity contribution in [1.82, 2.24) is 4.90 Å². The maximum Gasteiger partial charge on any atom is 0.169 e. The van der Waals surface area contributed by atoms with Crippen molar-refractivity contribution in [3.63, 3.8) is 0 Å². The molecule has 1 aliphatic rings. The van der Waals surface area contributed by atoms with Crippen LogP contribution in [0.15, 0.2) is 48.5 Å². The van der Waals surface area contributed by atoms with E-state index in [1.807, 2.05) is 48.5 Å². The lowest BCUT2D eigenvalue weighted by Crippen LogP contribution is -2.26. The van der Waals surface area contributed by atoms with E-state index in [-0.39, 0.29) is 0 Å². The van der Waals surface area contributed by atoms with Crippen molar-refractivity contribution < 1.29 is 9.47 Å². The van der Waals surface area contributed by atoms with Crippen LogP contribution in [0.1, 0.15) is 19.3 Å². The van der Waals surface area contributed by atoms with Crippen LogP contribution < -0.4 is 9.47 Å². The fourth-order valence-corrected chi connectivity index (χ4v) is 3.06. The van der Waals surface area contributed by atoms with E-state index in [2.05, 4.69) is 11.9 Å². The highest BCUT2D eigenvalue weighted by Gasteiger charge is 2.20. The van der Waals surface area contributed by atoms with Crippen molar-refractivity contribution in [3.8, 4) is 17.2 Å². The van der Waals surface area contributed by atoms with Gasteiger partial charge in [-0.15, -0.1) is 0 Å². The predicted molar refractivity (Wildman–Crippen MR) is 93.7 cm³/mol. The molecule has 0 amide bonds. The van der Waals surface area contributed by atoms with E-state index in [9.17, 15) is 0 Å². The lowest BCUT2D eigenvalue weighted by Gasteiger charge is -2.19. The quantitative estimate of drug-likeness (QED) is 0.744.